The third-order valence-electron chi connectivity index (χ3n) is 2.87. The molecule has 1 aliphatic rings. The summed E-state index contributed by atoms with van der Waals surface area (Å²) in [4.78, 5) is 23.8. The SMILES string of the molecule is O=C([O-])C1CCC(=O)N1Cc1ccc(Cl)cc1. The van der Waals surface area contributed by atoms with Crippen LogP contribution in [0.25, 0.3) is 0 Å². The van der Waals surface area contributed by atoms with Crippen molar-refractivity contribution in [1.82, 2.24) is 4.90 Å². The smallest absolute Gasteiger partial charge is 0.223 e. The summed E-state index contributed by atoms with van der Waals surface area (Å²) in [6.07, 6.45) is 0.598. The van der Waals surface area contributed by atoms with E-state index in [1.165, 1.54) is 4.90 Å². The fourth-order valence-electron chi connectivity index (χ4n) is 1.96. The standard InChI is InChI=1S/C12H12ClNO3/c13-9-3-1-8(2-4-9)7-14-10(12(16)17)5-6-11(14)15/h1-4,10H,5-7H2,(H,16,17)/p-1. The van der Waals surface area contributed by atoms with Gasteiger partial charge in [-0.3, -0.25) is 4.79 Å². The van der Waals surface area contributed by atoms with Gasteiger partial charge in [-0.05, 0) is 24.1 Å². The van der Waals surface area contributed by atoms with E-state index < -0.39 is 12.0 Å². The fourth-order valence-corrected chi connectivity index (χ4v) is 2.09. The molecule has 17 heavy (non-hydrogen) atoms. The van der Waals surface area contributed by atoms with Gasteiger partial charge in [0.1, 0.15) is 0 Å². The Morgan fingerprint density at radius 1 is 1.41 bits per heavy atom. The van der Waals surface area contributed by atoms with Crippen molar-refractivity contribution in [2.24, 2.45) is 0 Å². The molecule has 1 fully saturated rings. The third-order valence-corrected chi connectivity index (χ3v) is 3.12. The lowest BCUT2D eigenvalue weighted by molar-refractivity contribution is -0.310. The Kier molecular flexibility index (Phi) is 3.33. The monoisotopic (exact) mass is 252 g/mol. The van der Waals surface area contributed by atoms with E-state index in [1.807, 2.05) is 0 Å². The summed E-state index contributed by atoms with van der Waals surface area (Å²) in [6, 6.07) is 6.18. The van der Waals surface area contributed by atoms with E-state index in [4.69, 9.17) is 11.6 Å². The molecule has 0 bridgehead atoms. The Hall–Kier alpha value is -1.55. The number of likely N-dealkylation sites (tertiary alicyclic amines) is 1. The molecule has 1 saturated heterocycles. The van der Waals surface area contributed by atoms with Crippen LogP contribution in [0.2, 0.25) is 5.02 Å². The van der Waals surface area contributed by atoms with Gasteiger partial charge in [-0.25, -0.2) is 0 Å². The largest absolute Gasteiger partial charge is 0.548 e. The van der Waals surface area contributed by atoms with Gasteiger partial charge in [-0.15, -0.1) is 0 Å². The van der Waals surface area contributed by atoms with Crippen molar-refractivity contribution >= 4 is 23.5 Å². The second-order valence-electron chi connectivity index (χ2n) is 4.02. The van der Waals surface area contributed by atoms with Crippen molar-refractivity contribution in [3.05, 3.63) is 34.9 Å². The highest BCUT2D eigenvalue weighted by atomic mass is 35.5. The summed E-state index contributed by atoms with van der Waals surface area (Å²) < 4.78 is 0. The van der Waals surface area contributed by atoms with Gasteiger partial charge in [0.25, 0.3) is 0 Å². The van der Waals surface area contributed by atoms with Crippen molar-refractivity contribution < 1.29 is 14.7 Å². The molecule has 0 N–H and O–H groups in total. The van der Waals surface area contributed by atoms with E-state index in [0.29, 0.717) is 11.4 Å². The van der Waals surface area contributed by atoms with Crippen LogP contribution in [0.15, 0.2) is 24.3 Å². The first kappa shape index (κ1) is 11.9. The normalized spacial score (nSPS) is 19.7. The van der Waals surface area contributed by atoms with Crippen molar-refractivity contribution in [1.29, 1.82) is 0 Å². The molecule has 1 amide bonds. The zero-order valence-electron chi connectivity index (χ0n) is 9.06. The van der Waals surface area contributed by atoms with Gasteiger partial charge in [-0.1, -0.05) is 23.7 Å². The number of rotatable bonds is 3. The van der Waals surface area contributed by atoms with Gasteiger partial charge in [0, 0.05) is 18.0 Å². The maximum atomic E-state index is 11.6. The minimum Gasteiger partial charge on any atom is -0.548 e. The molecule has 0 aliphatic carbocycles. The van der Waals surface area contributed by atoms with Crippen LogP contribution < -0.4 is 5.11 Å². The van der Waals surface area contributed by atoms with Crippen molar-refractivity contribution in [2.75, 3.05) is 0 Å². The molecular formula is C12H11ClNO3-. The minimum atomic E-state index is -1.19. The summed E-state index contributed by atoms with van der Waals surface area (Å²) in [6.45, 7) is 0.286. The van der Waals surface area contributed by atoms with E-state index in [2.05, 4.69) is 0 Å². The number of carboxylic acids is 1. The van der Waals surface area contributed by atoms with Gasteiger partial charge in [0.05, 0.1) is 12.0 Å². The molecule has 1 aliphatic heterocycles. The molecule has 0 spiro atoms. The molecule has 1 aromatic carbocycles. The molecule has 1 atom stereocenters. The molecule has 2 rings (SSSR count). The van der Waals surface area contributed by atoms with E-state index >= 15 is 0 Å². The first-order valence-corrected chi connectivity index (χ1v) is 5.70. The zero-order valence-corrected chi connectivity index (χ0v) is 9.81. The number of carbonyl (C=O) groups excluding carboxylic acids is 2. The molecule has 5 heteroatoms. The van der Waals surface area contributed by atoms with Gasteiger partial charge in [0.15, 0.2) is 0 Å². The predicted octanol–water partition coefficient (Wildman–Crippen LogP) is 0.581. The first-order valence-electron chi connectivity index (χ1n) is 5.32. The van der Waals surface area contributed by atoms with Crippen LogP contribution in [0, 0.1) is 0 Å². The van der Waals surface area contributed by atoms with E-state index in [-0.39, 0.29) is 18.9 Å². The van der Waals surface area contributed by atoms with Crippen LogP contribution in [0.1, 0.15) is 18.4 Å². The number of aliphatic carboxylic acids is 1. The van der Waals surface area contributed by atoms with Crippen molar-refractivity contribution in [3.63, 3.8) is 0 Å². The molecule has 1 aromatic rings. The maximum Gasteiger partial charge on any atom is 0.223 e. The van der Waals surface area contributed by atoms with Gasteiger partial charge < -0.3 is 14.8 Å². The van der Waals surface area contributed by atoms with Gasteiger partial charge in [-0.2, -0.15) is 0 Å². The number of hydrogen-bond acceptors (Lipinski definition) is 3. The van der Waals surface area contributed by atoms with Gasteiger partial charge in [0.2, 0.25) is 5.91 Å². The number of nitrogens with zero attached hydrogens (tertiary/aromatic N) is 1. The highest BCUT2D eigenvalue weighted by Crippen LogP contribution is 2.21. The number of halogens is 1. The fraction of sp³-hybridized carbons (Fsp3) is 0.333. The number of carboxylic acid groups (broad SMARTS) is 1. The van der Waals surface area contributed by atoms with Crippen LogP contribution in [-0.4, -0.2) is 22.8 Å². The quantitative estimate of drug-likeness (QED) is 0.791. The molecule has 90 valence electrons. The summed E-state index contributed by atoms with van der Waals surface area (Å²) in [7, 11) is 0. The second kappa shape index (κ2) is 4.75. The lowest BCUT2D eigenvalue weighted by atomic mass is 10.2. The summed E-state index contributed by atoms with van der Waals surface area (Å²) in [5, 5.41) is 11.5. The van der Waals surface area contributed by atoms with Crippen LogP contribution in [0.5, 0.6) is 0 Å². The number of hydrogen-bond donors (Lipinski definition) is 0. The average Bonchev–Trinajstić information content (AvgIpc) is 2.64. The Morgan fingerprint density at radius 2 is 2.06 bits per heavy atom. The third kappa shape index (κ3) is 2.58. The lowest BCUT2D eigenvalue weighted by Crippen LogP contribution is -2.45. The number of amides is 1. The topological polar surface area (TPSA) is 60.4 Å². The van der Waals surface area contributed by atoms with Gasteiger partial charge >= 0.3 is 0 Å². The summed E-state index contributed by atoms with van der Waals surface area (Å²) in [5.74, 6) is -1.33. The Balaban J connectivity index is 2.13. The first-order chi connectivity index (χ1) is 8.08. The second-order valence-corrected chi connectivity index (χ2v) is 4.46. The lowest BCUT2D eigenvalue weighted by Gasteiger charge is -2.25. The van der Waals surface area contributed by atoms with E-state index in [0.717, 1.165) is 5.56 Å². The van der Waals surface area contributed by atoms with E-state index in [9.17, 15) is 14.7 Å². The number of carbonyl (C=O) groups is 2. The predicted molar refractivity (Wildman–Crippen MR) is 60.0 cm³/mol. The molecule has 0 saturated carbocycles. The highest BCUT2D eigenvalue weighted by molar-refractivity contribution is 6.30. The Morgan fingerprint density at radius 3 is 2.65 bits per heavy atom. The van der Waals surface area contributed by atoms with Crippen molar-refractivity contribution in [3.8, 4) is 0 Å². The molecule has 0 radical (unpaired) electrons. The van der Waals surface area contributed by atoms with Crippen LogP contribution in [0.4, 0.5) is 0 Å². The Labute approximate surface area is 104 Å². The zero-order chi connectivity index (χ0) is 12.4. The summed E-state index contributed by atoms with van der Waals surface area (Å²) >= 11 is 5.75. The van der Waals surface area contributed by atoms with Crippen LogP contribution in [0.3, 0.4) is 0 Å². The average molecular weight is 253 g/mol. The van der Waals surface area contributed by atoms with Crippen LogP contribution in [-0.2, 0) is 16.1 Å². The van der Waals surface area contributed by atoms with E-state index in [1.54, 1.807) is 24.3 Å². The van der Waals surface area contributed by atoms with Crippen LogP contribution >= 0.6 is 11.6 Å². The molecular weight excluding hydrogens is 242 g/mol. The summed E-state index contributed by atoms with van der Waals surface area (Å²) in [5.41, 5.74) is 0.857. The molecule has 0 aromatic heterocycles. The Bertz CT molecular complexity index is 444. The molecule has 4 nitrogen and oxygen atoms in total. The highest BCUT2D eigenvalue weighted by Gasteiger charge is 2.31. The number of benzene rings is 1. The minimum absolute atomic E-state index is 0.144. The maximum absolute atomic E-state index is 11.6. The molecule has 1 unspecified atom stereocenters. The van der Waals surface area contributed by atoms with Crippen molar-refractivity contribution in [2.45, 2.75) is 25.4 Å². The molecule has 1 heterocycles.